The van der Waals surface area contributed by atoms with Crippen LogP contribution in [-0.2, 0) is 4.74 Å². The second-order valence-corrected chi connectivity index (χ2v) is 5.34. The topological polar surface area (TPSA) is 65.2 Å². The lowest BCUT2D eigenvalue weighted by Crippen LogP contribution is -2.12. The number of carbonyl (C=O) groups excluding carboxylic acids is 1. The quantitative estimate of drug-likeness (QED) is 0.870. The summed E-state index contributed by atoms with van der Waals surface area (Å²) in [4.78, 5) is 16.1. The van der Waals surface area contributed by atoms with Gasteiger partial charge in [0.25, 0.3) is 0 Å². The Balaban J connectivity index is 2.31. The lowest BCUT2D eigenvalue weighted by molar-refractivity contribution is 0.0527. The van der Waals surface area contributed by atoms with Crippen LogP contribution in [0.5, 0.6) is 0 Å². The molecule has 2 rings (SSSR count). The van der Waals surface area contributed by atoms with Gasteiger partial charge >= 0.3 is 5.97 Å². The molecule has 0 unspecified atom stereocenters. The summed E-state index contributed by atoms with van der Waals surface area (Å²) >= 11 is 3.48. The van der Waals surface area contributed by atoms with Crippen LogP contribution in [0.3, 0.4) is 0 Å². The molecule has 1 fully saturated rings. The van der Waals surface area contributed by atoms with E-state index in [0.717, 1.165) is 23.0 Å². The Bertz CT molecular complexity index is 457. The summed E-state index contributed by atoms with van der Waals surface area (Å²) in [5, 5.41) is 0. The fraction of sp³-hybridized carbons (Fsp3) is 0.538. The molecule has 1 aromatic rings. The molecule has 1 aromatic heterocycles. The number of hydrogen-bond donors (Lipinski definition) is 1. The van der Waals surface area contributed by atoms with Gasteiger partial charge in [0.2, 0.25) is 0 Å². The first-order valence-electron chi connectivity index (χ1n) is 6.26. The Morgan fingerprint density at radius 1 is 1.56 bits per heavy atom. The molecule has 0 radical (unpaired) electrons. The molecule has 2 N–H and O–H groups in total. The number of ether oxygens (including phenoxy) is 1. The number of nitrogens with zero attached hydrogens (tertiary/aromatic N) is 1. The van der Waals surface area contributed by atoms with Gasteiger partial charge in [-0.2, -0.15) is 0 Å². The summed E-state index contributed by atoms with van der Waals surface area (Å²) in [6.45, 7) is 2.10. The largest absolute Gasteiger partial charge is 0.462 e. The van der Waals surface area contributed by atoms with E-state index in [9.17, 15) is 4.79 Å². The molecular formula is C13H17BrN2O2. The number of anilines is 1. The Morgan fingerprint density at radius 2 is 2.22 bits per heavy atom. The third-order valence-electron chi connectivity index (χ3n) is 3.27. The van der Waals surface area contributed by atoms with E-state index in [1.807, 2.05) is 0 Å². The number of aromatic nitrogens is 1. The fourth-order valence-electron chi connectivity index (χ4n) is 2.38. The molecular weight excluding hydrogens is 296 g/mol. The highest BCUT2D eigenvalue weighted by atomic mass is 79.9. The maximum atomic E-state index is 11.7. The van der Waals surface area contributed by atoms with Crippen LogP contribution < -0.4 is 5.73 Å². The maximum absolute atomic E-state index is 11.7. The molecule has 0 aliphatic heterocycles. The summed E-state index contributed by atoms with van der Waals surface area (Å²) in [5.41, 5.74) is 7.17. The van der Waals surface area contributed by atoms with E-state index >= 15 is 0 Å². The lowest BCUT2D eigenvalue weighted by atomic mass is 10.0. The average Bonchev–Trinajstić information content (AvgIpc) is 2.85. The van der Waals surface area contributed by atoms with Crippen molar-refractivity contribution in [3.8, 4) is 0 Å². The molecule has 0 saturated heterocycles. The number of carbonyl (C=O) groups is 1. The van der Waals surface area contributed by atoms with Crippen LogP contribution in [0.15, 0.2) is 10.5 Å². The third kappa shape index (κ3) is 2.66. The van der Waals surface area contributed by atoms with Crippen LogP contribution >= 0.6 is 15.9 Å². The highest BCUT2D eigenvalue weighted by Gasteiger charge is 2.23. The number of halogens is 1. The summed E-state index contributed by atoms with van der Waals surface area (Å²) in [5.74, 6) is 0.303. The van der Waals surface area contributed by atoms with Crippen molar-refractivity contribution in [2.45, 2.75) is 38.5 Å². The third-order valence-corrected chi connectivity index (χ3v) is 3.90. The van der Waals surface area contributed by atoms with Crippen LogP contribution in [0.2, 0.25) is 0 Å². The Morgan fingerprint density at radius 3 is 2.83 bits per heavy atom. The summed E-state index contributed by atoms with van der Waals surface area (Å²) in [7, 11) is 0. The van der Waals surface area contributed by atoms with Crippen molar-refractivity contribution < 1.29 is 9.53 Å². The van der Waals surface area contributed by atoms with Gasteiger partial charge in [-0.25, -0.2) is 9.78 Å². The van der Waals surface area contributed by atoms with Gasteiger partial charge in [0, 0.05) is 10.4 Å². The maximum Gasteiger partial charge on any atom is 0.341 e. The lowest BCUT2D eigenvalue weighted by Gasteiger charge is -2.13. The van der Waals surface area contributed by atoms with Crippen molar-refractivity contribution in [2.75, 3.05) is 12.3 Å². The van der Waals surface area contributed by atoms with Crippen LogP contribution in [0, 0.1) is 0 Å². The molecule has 18 heavy (non-hydrogen) atoms. The van der Waals surface area contributed by atoms with Gasteiger partial charge in [0.1, 0.15) is 11.4 Å². The molecule has 1 aliphatic rings. The predicted molar refractivity (Wildman–Crippen MR) is 73.5 cm³/mol. The predicted octanol–water partition coefficient (Wildman–Crippen LogP) is 3.26. The van der Waals surface area contributed by atoms with Crippen molar-refractivity contribution in [2.24, 2.45) is 0 Å². The minimum atomic E-state index is -0.416. The first-order chi connectivity index (χ1) is 8.63. The van der Waals surface area contributed by atoms with Crippen molar-refractivity contribution in [1.82, 2.24) is 4.98 Å². The SMILES string of the molecule is CCOC(=O)c1cc(Br)c(C2CCCC2)nc1N. The molecule has 1 saturated carbocycles. The average molecular weight is 313 g/mol. The number of nitrogen functional groups attached to an aromatic ring is 1. The molecule has 0 atom stereocenters. The van der Waals surface area contributed by atoms with Crippen molar-refractivity contribution in [3.05, 3.63) is 21.8 Å². The second-order valence-electron chi connectivity index (χ2n) is 4.49. The molecule has 1 aliphatic carbocycles. The molecule has 5 heteroatoms. The van der Waals surface area contributed by atoms with Gasteiger partial charge in [-0.15, -0.1) is 0 Å². The van der Waals surface area contributed by atoms with E-state index in [0.29, 0.717) is 18.1 Å². The van der Waals surface area contributed by atoms with Crippen molar-refractivity contribution >= 4 is 27.7 Å². The van der Waals surface area contributed by atoms with E-state index in [1.165, 1.54) is 12.8 Å². The molecule has 4 nitrogen and oxygen atoms in total. The van der Waals surface area contributed by atoms with Crippen molar-refractivity contribution in [1.29, 1.82) is 0 Å². The zero-order valence-electron chi connectivity index (χ0n) is 10.4. The molecule has 98 valence electrons. The van der Waals surface area contributed by atoms with E-state index in [4.69, 9.17) is 10.5 Å². The minimum Gasteiger partial charge on any atom is -0.462 e. The van der Waals surface area contributed by atoms with Gasteiger partial charge < -0.3 is 10.5 Å². The first kappa shape index (κ1) is 13.3. The summed E-state index contributed by atoms with van der Waals surface area (Å²) in [6, 6.07) is 1.73. The van der Waals surface area contributed by atoms with E-state index in [1.54, 1.807) is 13.0 Å². The number of esters is 1. The zero-order chi connectivity index (χ0) is 13.1. The zero-order valence-corrected chi connectivity index (χ0v) is 12.0. The Labute approximate surface area is 115 Å². The number of nitrogens with two attached hydrogens (primary N) is 1. The van der Waals surface area contributed by atoms with Crippen LogP contribution in [0.25, 0.3) is 0 Å². The second kappa shape index (κ2) is 5.69. The molecule has 1 heterocycles. The first-order valence-corrected chi connectivity index (χ1v) is 7.05. The number of pyridine rings is 1. The van der Waals surface area contributed by atoms with Gasteiger partial charge in [-0.3, -0.25) is 0 Å². The fourth-order valence-corrected chi connectivity index (χ4v) is 3.02. The molecule has 0 spiro atoms. The number of rotatable bonds is 3. The highest BCUT2D eigenvalue weighted by molar-refractivity contribution is 9.10. The monoisotopic (exact) mass is 312 g/mol. The van der Waals surface area contributed by atoms with Crippen LogP contribution in [0.4, 0.5) is 5.82 Å². The van der Waals surface area contributed by atoms with Gasteiger partial charge in [-0.05, 0) is 41.8 Å². The number of hydrogen-bond acceptors (Lipinski definition) is 4. The van der Waals surface area contributed by atoms with Crippen LogP contribution in [-0.4, -0.2) is 17.6 Å². The van der Waals surface area contributed by atoms with Gasteiger partial charge in [0.15, 0.2) is 0 Å². The smallest absolute Gasteiger partial charge is 0.341 e. The van der Waals surface area contributed by atoms with E-state index in [2.05, 4.69) is 20.9 Å². The van der Waals surface area contributed by atoms with E-state index in [-0.39, 0.29) is 5.82 Å². The highest BCUT2D eigenvalue weighted by Crippen LogP contribution is 2.37. The summed E-state index contributed by atoms with van der Waals surface area (Å²) in [6.07, 6.45) is 4.75. The Hall–Kier alpha value is -1.10. The minimum absolute atomic E-state index is 0.263. The van der Waals surface area contributed by atoms with Crippen LogP contribution in [0.1, 0.15) is 54.6 Å². The summed E-state index contributed by atoms with van der Waals surface area (Å²) < 4.78 is 5.80. The normalized spacial score (nSPS) is 15.9. The molecule has 0 aromatic carbocycles. The van der Waals surface area contributed by atoms with Gasteiger partial charge in [0.05, 0.1) is 12.3 Å². The van der Waals surface area contributed by atoms with Gasteiger partial charge in [-0.1, -0.05) is 12.8 Å². The van der Waals surface area contributed by atoms with Crippen molar-refractivity contribution in [3.63, 3.8) is 0 Å². The molecule has 0 amide bonds. The molecule has 0 bridgehead atoms. The Kier molecular flexibility index (Phi) is 4.22. The standard InChI is InChI=1S/C13H17BrN2O2/c1-2-18-13(17)9-7-10(14)11(16-12(9)15)8-5-3-4-6-8/h7-8H,2-6H2,1H3,(H2,15,16). The van der Waals surface area contributed by atoms with E-state index < -0.39 is 5.97 Å².